The Hall–Kier alpha value is -1.38. The largest absolute Gasteiger partial charge is 0.494 e. The van der Waals surface area contributed by atoms with E-state index < -0.39 is 0 Å². The molecule has 0 saturated carbocycles. The van der Waals surface area contributed by atoms with Crippen LogP contribution in [0.5, 0.6) is 5.75 Å². The van der Waals surface area contributed by atoms with Gasteiger partial charge >= 0.3 is 6.03 Å². The molecule has 0 spiro atoms. The van der Waals surface area contributed by atoms with E-state index in [0.717, 1.165) is 53.7 Å². The van der Waals surface area contributed by atoms with Crippen LogP contribution in [0.4, 0.5) is 15.6 Å². The van der Waals surface area contributed by atoms with Crippen molar-refractivity contribution in [2.45, 2.75) is 19.3 Å². The van der Waals surface area contributed by atoms with Gasteiger partial charge in [-0.3, -0.25) is 5.32 Å². The van der Waals surface area contributed by atoms with Gasteiger partial charge in [-0.2, -0.15) is 11.8 Å². The standard InChI is InChI=1S/C18H24N4O2S2.ClH/c1-24-14-6-5-13(21-7-3-2-4-8-21)16-15(14)19-17(26-16)20-18(23)22-9-11-25-12-10-22;/h5-6H,2-4,7-12H2,1H3,(H,19,20,23);1H. The maximum atomic E-state index is 12.5. The summed E-state index contributed by atoms with van der Waals surface area (Å²) < 4.78 is 6.60. The molecule has 2 fully saturated rings. The van der Waals surface area contributed by atoms with Gasteiger partial charge in [-0.05, 0) is 31.4 Å². The zero-order chi connectivity index (χ0) is 17.9. The van der Waals surface area contributed by atoms with Crippen LogP contribution in [-0.2, 0) is 0 Å². The van der Waals surface area contributed by atoms with E-state index in [1.54, 1.807) is 18.4 Å². The first-order valence-corrected chi connectivity index (χ1v) is 11.1. The highest BCUT2D eigenvalue weighted by Gasteiger charge is 2.21. The molecular weight excluding hydrogens is 404 g/mol. The van der Waals surface area contributed by atoms with Crippen molar-refractivity contribution in [1.29, 1.82) is 0 Å². The fourth-order valence-electron chi connectivity index (χ4n) is 3.51. The van der Waals surface area contributed by atoms with Gasteiger partial charge in [-0.25, -0.2) is 9.78 Å². The Morgan fingerprint density at radius 3 is 2.59 bits per heavy atom. The summed E-state index contributed by atoms with van der Waals surface area (Å²) in [4.78, 5) is 21.5. The normalized spacial score (nSPS) is 17.5. The van der Waals surface area contributed by atoms with Gasteiger partial charge in [0, 0.05) is 37.7 Å². The molecule has 0 unspecified atom stereocenters. The predicted octanol–water partition coefficient (Wildman–Crippen LogP) is 4.30. The van der Waals surface area contributed by atoms with E-state index in [1.807, 2.05) is 22.7 Å². The topological polar surface area (TPSA) is 57.7 Å². The predicted molar refractivity (Wildman–Crippen MR) is 117 cm³/mol. The first-order chi connectivity index (χ1) is 12.8. The number of carbonyl (C=O) groups excluding carboxylic acids is 1. The molecule has 9 heteroatoms. The SMILES string of the molecule is COc1ccc(N2CCCCC2)c2sc(NC(=O)N3CCSCC3)nc12.Cl. The van der Waals surface area contributed by atoms with E-state index in [9.17, 15) is 4.79 Å². The van der Waals surface area contributed by atoms with Gasteiger partial charge in [0.2, 0.25) is 0 Å². The summed E-state index contributed by atoms with van der Waals surface area (Å²) in [5.41, 5.74) is 2.04. The molecule has 2 aliphatic rings. The number of amides is 2. The molecule has 1 N–H and O–H groups in total. The summed E-state index contributed by atoms with van der Waals surface area (Å²) in [6.07, 6.45) is 3.75. The average molecular weight is 429 g/mol. The van der Waals surface area contributed by atoms with Crippen LogP contribution in [-0.4, -0.2) is 60.7 Å². The second kappa shape index (κ2) is 9.21. The van der Waals surface area contributed by atoms with Crippen molar-refractivity contribution < 1.29 is 9.53 Å². The molecule has 2 aliphatic heterocycles. The number of carbonyl (C=O) groups is 1. The molecule has 1 aromatic heterocycles. The number of nitrogens with zero attached hydrogens (tertiary/aromatic N) is 3. The molecule has 1 aromatic carbocycles. The molecule has 0 radical (unpaired) electrons. The first kappa shape index (κ1) is 20.4. The summed E-state index contributed by atoms with van der Waals surface area (Å²) in [6, 6.07) is 4.06. The van der Waals surface area contributed by atoms with Crippen LogP contribution in [0.3, 0.4) is 0 Å². The molecule has 0 bridgehead atoms. The van der Waals surface area contributed by atoms with Crippen molar-refractivity contribution in [2.75, 3.05) is 55.0 Å². The number of hydrogen-bond acceptors (Lipinski definition) is 6. The summed E-state index contributed by atoms with van der Waals surface area (Å²) >= 11 is 3.43. The molecule has 148 valence electrons. The fraction of sp³-hybridized carbons (Fsp3) is 0.556. The van der Waals surface area contributed by atoms with Crippen LogP contribution < -0.4 is 15.0 Å². The smallest absolute Gasteiger partial charge is 0.323 e. The lowest BCUT2D eigenvalue weighted by Crippen LogP contribution is -2.40. The van der Waals surface area contributed by atoms with Gasteiger partial charge in [-0.15, -0.1) is 12.4 Å². The Morgan fingerprint density at radius 1 is 1.15 bits per heavy atom. The number of piperidine rings is 1. The van der Waals surface area contributed by atoms with E-state index in [0.29, 0.717) is 5.13 Å². The van der Waals surface area contributed by atoms with Crippen LogP contribution in [0.2, 0.25) is 0 Å². The number of ether oxygens (including phenoxy) is 1. The molecule has 0 atom stereocenters. The van der Waals surface area contributed by atoms with Crippen LogP contribution >= 0.6 is 35.5 Å². The Labute approximate surface area is 174 Å². The van der Waals surface area contributed by atoms with Gasteiger partial charge in [0.1, 0.15) is 11.3 Å². The molecule has 27 heavy (non-hydrogen) atoms. The summed E-state index contributed by atoms with van der Waals surface area (Å²) in [6.45, 7) is 3.74. The van der Waals surface area contributed by atoms with E-state index >= 15 is 0 Å². The Bertz CT molecular complexity index is 789. The number of thiazole rings is 1. The van der Waals surface area contributed by atoms with Crippen LogP contribution in [0.15, 0.2) is 12.1 Å². The van der Waals surface area contributed by atoms with Crippen molar-refractivity contribution in [1.82, 2.24) is 9.88 Å². The molecular formula is C18H25ClN4O2S2. The number of thioether (sulfide) groups is 1. The molecule has 2 amide bonds. The van der Waals surface area contributed by atoms with Gasteiger partial charge in [-0.1, -0.05) is 11.3 Å². The van der Waals surface area contributed by atoms with Gasteiger partial charge in [0.15, 0.2) is 5.13 Å². The van der Waals surface area contributed by atoms with Gasteiger partial charge in [0.05, 0.1) is 17.5 Å². The number of anilines is 2. The van der Waals surface area contributed by atoms with Crippen molar-refractivity contribution >= 4 is 62.6 Å². The lowest BCUT2D eigenvalue weighted by molar-refractivity contribution is 0.217. The zero-order valence-electron chi connectivity index (χ0n) is 15.4. The number of benzene rings is 1. The second-order valence-electron chi connectivity index (χ2n) is 6.56. The zero-order valence-corrected chi connectivity index (χ0v) is 17.9. The molecule has 2 aromatic rings. The number of hydrogen-bond donors (Lipinski definition) is 1. The summed E-state index contributed by atoms with van der Waals surface area (Å²) in [5.74, 6) is 2.76. The molecule has 6 nitrogen and oxygen atoms in total. The molecule has 0 aliphatic carbocycles. The molecule has 3 heterocycles. The third-order valence-corrected chi connectivity index (χ3v) is 6.85. The number of methoxy groups -OCH3 is 1. The average Bonchev–Trinajstić information content (AvgIpc) is 3.12. The van der Waals surface area contributed by atoms with Crippen molar-refractivity contribution in [3.8, 4) is 5.75 Å². The highest BCUT2D eigenvalue weighted by molar-refractivity contribution is 7.99. The number of halogens is 1. The Morgan fingerprint density at radius 2 is 1.89 bits per heavy atom. The van der Waals surface area contributed by atoms with E-state index in [4.69, 9.17) is 4.74 Å². The minimum atomic E-state index is -0.0529. The fourth-order valence-corrected chi connectivity index (χ4v) is 5.43. The van der Waals surface area contributed by atoms with Crippen molar-refractivity contribution in [3.63, 3.8) is 0 Å². The van der Waals surface area contributed by atoms with Crippen molar-refractivity contribution in [2.24, 2.45) is 0 Å². The van der Waals surface area contributed by atoms with E-state index in [1.165, 1.54) is 24.9 Å². The highest BCUT2D eigenvalue weighted by Crippen LogP contribution is 2.40. The van der Waals surface area contributed by atoms with E-state index in [2.05, 4.69) is 21.3 Å². The Balaban J connectivity index is 0.00000210. The maximum absolute atomic E-state index is 12.5. The Kier molecular flexibility index (Phi) is 6.94. The number of aromatic nitrogens is 1. The van der Waals surface area contributed by atoms with Crippen LogP contribution in [0.1, 0.15) is 19.3 Å². The molecule has 4 rings (SSSR count). The number of rotatable bonds is 3. The molecule has 2 saturated heterocycles. The van der Waals surface area contributed by atoms with Gasteiger partial charge < -0.3 is 14.5 Å². The number of nitrogens with one attached hydrogen (secondary N) is 1. The van der Waals surface area contributed by atoms with E-state index in [-0.39, 0.29) is 18.4 Å². The first-order valence-electron chi connectivity index (χ1n) is 9.12. The summed E-state index contributed by atoms with van der Waals surface area (Å²) in [7, 11) is 1.67. The maximum Gasteiger partial charge on any atom is 0.323 e. The summed E-state index contributed by atoms with van der Waals surface area (Å²) in [5, 5.41) is 3.64. The minimum Gasteiger partial charge on any atom is -0.494 e. The quantitative estimate of drug-likeness (QED) is 0.789. The monoisotopic (exact) mass is 428 g/mol. The van der Waals surface area contributed by atoms with Crippen LogP contribution in [0, 0.1) is 0 Å². The van der Waals surface area contributed by atoms with Crippen molar-refractivity contribution in [3.05, 3.63) is 12.1 Å². The number of fused-ring (bicyclic) bond motifs is 1. The minimum absolute atomic E-state index is 0. The second-order valence-corrected chi connectivity index (χ2v) is 8.78. The highest BCUT2D eigenvalue weighted by atomic mass is 35.5. The lowest BCUT2D eigenvalue weighted by atomic mass is 10.1. The third kappa shape index (κ3) is 4.38. The third-order valence-electron chi connectivity index (χ3n) is 4.91. The lowest BCUT2D eigenvalue weighted by Gasteiger charge is -2.29. The van der Waals surface area contributed by atoms with Crippen LogP contribution in [0.25, 0.3) is 10.2 Å². The van der Waals surface area contributed by atoms with Gasteiger partial charge in [0.25, 0.3) is 0 Å². The number of urea groups is 1.